The van der Waals surface area contributed by atoms with E-state index in [9.17, 15) is 17.4 Å². The van der Waals surface area contributed by atoms with Gasteiger partial charge in [0.1, 0.15) is 0 Å². The van der Waals surface area contributed by atoms with Crippen molar-refractivity contribution in [3.63, 3.8) is 0 Å². The van der Waals surface area contributed by atoms with Gasteiger partial charge in [-0.1, -0.05) is 6.42 Å². The van der Waals surface area contributed by atoms with Crippen molar-refractivity contribution in [2.75, 3.05) is 18.1 Å². The smallest absolute Gasteiger partial charge is 0.384 e. The Morgan fingerprint density at radius 3 is 2.52 bits per heavy atom. The van der Waals surface area contributed by atoms with Crippen LogP contribution in [0.2, 0.25) is 0 Å². The average molecular weight is 316 g/mol. The van der Waals surface area contributed by atoms with Crippen LogP contribution in [0, 0.1) is 11.3 Å². The quantitative estimate of drug-likeness (QED) is 0.927. The van der Waals surface area contributed by atoms with Gasteiger partial charge in [-0.2, -0.15) is 18.4 Å². The summed E-state index contributed by atoms with van der Waals surface area (Å²) in [5.41, 5.74) is -1.06. The lowest BCUT2D eigenvalue weighted by atomic mass is 9.84. The number of rotatable bonds is 4. The number of halogens is 3. The van der Waals surface area contributed by atoms with Gasteiger partial charge in [-0.15, -0.1) is 0 Å². The van der Waals surface area contributed by atoms with Crippen molar-refractivity contribution in [2.45, 2.75) is 30.2 Å². The molecule has 1 N–H and O–H groups in total. The molecule has 2 rings (SSSR count). The summed E-state index contributed by atoms with van der Waals surface area (Å²) in [5.74, 6) is 0. The second kappa shape index (κ2) is 5.68. The minimum atomic E-state index is -4.56. The first-order valence-electron chi connectivity index (χ1n) is 6.47. The fourth-order valence-electron chi connectivity index (χ4n) is 2.39. The van der Waals surface area contributed by atoms with E-state index in [1.807, 2.05) is 0 Å². The Hall–Kier alpha value is -1.55. The Morgan fingerprint density at radius 2 is 2.10 bits per heavy atom. The maximum atomic E-state index is 12.9. The summed E-state index contributed by atoms with van der Waals surface area (Å²) in [7, 11) is -1.02. The molecule has 3 nitrogen and oxygen atoms in total. The summed E-state index contributed by atoms with van der Waals surface area (Å²) in [6.45, 7) is 0.374. The van der Waals surface area contributed by atoms with Crippen LogP contribution in [0.4, 0.5) is 18.9 Å². The van der Waals surface area contributed by atoms with Crippen molar-refractivity contribution < 1.29 is 17.4 Å². The van der Waals surface area contributed by atoms with E-state index in [1.165, 1.54) is 6.07 Å². The molecule has 0 amide bonds. The van der Waals surface area contributed by atoms with Gasteiger partial charge in [0.25, 0.3) is 0 Å². The molecule has 1 aliphatic rings. The Morgan fingerprint density at radius 1 is 1.43 bits per heavy atom. The summed E-state index contributed by atoms with van der Waals surface area (Å²) in [6.07, 6.45) is -0.329. The van der Waals surface area contributed by atoms with Crippen LogP contribution in [-0.4, -0.2) is 21.8 Å². The molecule has 1 atom stereocenters. The number of hydrogen-bond donors (Lipinski definition) is 1. The molecule has 0 saturated heterocycles. The lowest BCUT2D eigenvalue weighted by Crippen LogP contribution is -2.47. The fraction of sp³-hybridized carbons (Fsp3) is 0.500. The third kappa shape index (κ3) is 3.21. The molecule has 1 aliphatic carbocycles. The van der Waals surface area contributed by atoms with Crippen LogP contribution < -0.4 is 5.32 Å². The van der Waals surface area contributed by atoms with E-state index >= 15 is 0 Å². The zero-order chi connectivity index (χ0) is 15.7. The molecule has 0 bridgehead atoms. The number of alkyl halides is 3. The number of nitriles is 1. The molecule has 7 heteroatoms. The lowest BCUT2D eigenvalue weighted by Gasteiger charge is -2.40. The summed E-state index contributed by atoms with van der Waals surface area (Å²) < 4.78 is 50.0. The van der Waals surface area contributed by atoms with Crippen molar-refractivity contribution in [3.8, 4) is 6.07 Å². The van der Waals surface area contributed by atoms with E-state index in [0.29, 0.717) is 6.54 Å². The van der Waals surface area contributed by atoms with Crippen LogP contribution in [0.5, 0.6) is 0 Å². The van der Waals surface area contributed by atoms with E-state index < -0.39 is 28.1 Å². The molecule has 1 aromatic carbocycles. The topological polar surface area (TPSA) is 52.9 Å². The van der Waals surface area contributed by atoms with Crippen LogP contribution in [0.15, 0.2) is 18.2 Å². The Labute approximate surface area is 123 Å². The maximum absolute atomic E-state index is 12.9. The molecule has 1 saturated carbocycles. The van der Waals surface area contributed by atoms with Gasteiger partial charge in [0, 0.05) is 29.3 Å². The number of nitrogens with zero attached hydrogens (tertiary/aromatic N) is 1. The highest BCUT2D eigenvalue weighted by atomic mass is 32.2. The first-order valence-corrected chi connectivity index (χ1v) is 8.03. The zero-order valence-electron chi connectivity index (χ0n) is 11.5. The van der Waals surface area contributed by atoms with Crippen molar-refractivity contribution >= 4 is 16.5 Å². The first-order chi connectivity index (χ1) is 9.78. The standard InChI is InChI=1S/C14H15F3N2OS/c1-21(20)13(5-2-6-13)9-19-11-4-3-10(8-18)12(7-11)14(15,16)17/h3-4,7,19H,2,5-6,9H2,1H3/t21-/m0/s1. The number of hydrogen-bond acceptors (Lipinski definition) is 3. The lowest BCUT2D eigenvalue weighted by molar-refractivity contribution is -0.137. The van der Waals surface area contributed by atoms with Crippen LogP contribution in [0.3, 0.4) is 0 Å². The molecule has 0 radical (unpaired) electrons. The van der Waals surface area contributed by atoms with Crippen molar-refractivity contribution in [1.29, 1.82) is 5.26 Å². The largest absolute Gasteiger partial charge is 0.417 e. The molecule has 0 aliphatic heterocycles. The summed E-state index contributed by atoms with van der Waals surface area (Å²) in [5, 5.41) is 11.7. The predicted octanol–water partition coefficient (Wildman–Crippen LogP) is 3.29. The normalized spacial score (nSPS) is 18.4. The van der Waals surface area contributed by atoms with Crippen molar-refractivity contribution in [2.24, 2.45) is 0 Å². The molecule has 0 unspecified atom stereocenters. The monoisotopic (exact) mass is 316 g/mol. The number of nitrogens with one attached hydrogen (secondary N) is 1. The van der Waals surface area contributed by atoms with Crippen molar-refractivity contribution in [1.82, 2.24) is 0 Å². The average Bonchev–Trinajstić information content (AvgIpc) is 2.35. The second-order valence-corrected chi connectivity index (χ2v) is 6.99. The number of anilines is 1. The maximum Gasteiger partial charge on any atom is 0.417 e. The van der Waals surface area contributed by atoms with E-state index in [1.54, 1.807) is 12.3 Å². The van der Waals surface area contributed by atoms with Gasteiger partial charge in [-0.3, -0.25) is 4.21 Å². The second-order valence-electron chi connectivity index (χ2n) is 5.21. The first kappa shape index (κ1) is 15.8. The van der Waals surface area contributed by atoms with Gasteiger partial charge in [-0.25, -0.2) is 0 Å². The zero-order valence-corrected chi connectivity index (χ0v) is 12.3. The fourth-order valence-corrected chi connectivity index (χ4v) is 3.53. The molecular weight excluding hydrogens is 301 g/mol. The van der Waals surface area contributed by atoms with E-state index in [4.69, 9.17) is 5.26 Å². The molecule has 114 valence electrons. The number of benzene rings is 1. The highest BCUT2D eigenvalue weighted by Crippen LogP contribution is 2.38. The van der Waals surface area contributed by atoms with Gasteiger partial charge in [0.15, 0.2) is 0 Å². The van der Waals surface area contributed by atoms with Crippen LogP contribution >= 0.6 is 0 Å². The third-order valence-electron chi connectivity index (χ3n) is 3.93. The predicted molar refractivity (Wildman–Crippen MR) is 75.3 cm³/mol. The van der Waals surface area contributed by atoms with Gasteiger partial charge >= 0.3 is 6.18 Å². The molecule has 21 heavy (non-hydrogen) atoms. The molecular formula is C14H15F3N2OS. The van der Waals surface area contributed by atoms with E-state index in [0.717, 1.165) is 31.4 Å². The summed E-state index contributed by atoms with van der Waals surface area (Å²) in [6, 6.07) is 5.08. The van der Waals surface area contributed by atoms with Crippen LogP contribution in [-0.2, 0) is 17.0 Å². The minimum Gasteiger partial charge on any atom is -0.384 e. The van der Waals surface area contributed by atoms with Gasteiger partial charge in [-0.05, 0) is 31.0 Å². The highest BCUT2D eigenvalue weighted by Gasteiger charge is 2.41. The molecule has 1 fully saturated rings. The van der Waals surface area contributed by atoms with Crippen LogP contribution in [0.25, 0.3) is 0 Å². The molecule has 0 aromatic heterocycles. The molecule has 1 aromatic rings. The Kier molecular flexibility index (Phi) is 4.28. The van der Waals surface area contributed by atoms with E-state index in [-0.39, 0.29) is 10.4 Å². The summed E-state index contributed by atoms with van der Waals surface area (Å²) >= 11 is 0. The summed E-state index contributed by atoms with van der Waals surface area (Å²) in [4.78, 5) is 0. The van der Waals surface area contributed by atoms with Gasteiger partial charge < -0.3 is 5.32 Å². The van der Waals surface area contributed by atoms with Gasteiger partial charge in [0.05, 0.1) is 21.9 Å². The van der Waals surface area contributed by atoms with Gasteiger partial charge in [0.2, 0.25) is 0 Å². The minimum absolute atomic E-state index is 0.290. The third-order valence-corrected chi connectivity index (χ3v) is 5.71. The van der Waals surface area contributed by atoms with Crippen molar-refractivity contribution in [3.05, 3.63) is 29.3 Å². The molecule has 0 spiro atoms. The molecule has 0 heterocycles. The Balaban J connectivity index is 2.19. The van der Waals surface area contributed by atoms with E-state index in [2.05, 4.69) is 5.32 Å². The van der Waals surface area contributed by atoms with Crippen LogP contribution in [0.1, 0.15) is 30.4 Å². The highest BCUT2D eigenvalue weighted by molar-refractivity contribution is 7.85. The Bertz CT molecular complexity index is 603. The SMILES string of the molecule is C[S@](=O)C1(CNc2ccc(C#N)c(C(F)(F)F)c2)CCC1.